The Morgan fingerprint density at radius 2 is 1.52 bits per heavy atom. The van der Waals surface area contributed by atoms with Crippen LogP contribution in [0.3, 0.4) is 0 Å². The molecule has 0 aromatic heterocycles. The molecule has 25 heavy (non-hydrogen) atoms. The van der Waals surface area contributed by atoms with Crippen molar-refractivity contribution in [3.05, 3.63) is 60.8 Å². The largest absolute Gasteiger partial charge is 0.309 e. The summed E-state index contributed by atoms with van der Waals surface area (Å²) in [6.45, 7) is 27.1. The molecule has 0 aliphatic rings. The van der Waals surface area contributed by atoms with Gasteiger partial charge in [-0.15, -0.1) is 0 Å². The molecule has 0 rings (SSSR count). The molecule has 0 spiro atoms. The summed E-state index contributed by atoms with van der Waals surface area (Å²) in [6, 6.07) is 0. The van der Waals surface area contributed by atoms with E-state index >= 15 is 0 Å². The Labute approximate surface area is 157 Å². The van der Waals surface area contributed by atoms with Crippen molar-refractivity contribution in [1.82, 2.24) is 0 Å². The summed E-state index contributed by atoms with van der Waals surface area (Å²) in [6.07, 6.45) is 10.2. The van der Waals surface area contributed by atoms with Crippen LogP contribution in [0.2, 0.25) is 0 Å². The fraction of sp³-hybridized carbons (Fsp3) is 0.478. The van der Waals surface area contributed by atoms with Crippen LogP contribution in [0.15, 0.2) is 60.8 Å². The van der Waals surface area contributed by atoms with Crippen molar-refractivity contribution in [1.29, 1.82) is 5.41 Å². The van der Waals surface area contributed by atoms with Crippen LogP contribution in [0.4, 0.5) is 0 Å². The van der Waals surface area contributed by atoms with E-state index in [1.807, 2.05) is 33.8 Å². The van der Waals surface area contributed by atoms with Gasteiger partial charge in [-0.3, -0.25) is 4.79 Å². The van der Waals surface area contributed by atoms with Crippen LogP contribution < -0.4 is 0 Å². The van der Waals surface area contributed by atoms with Gasteiger partial charge < -0.3 is 5.41 Å². The second-order valence-corrected chi connectivity index (χ2v) is 5.04. The third-order valence-electron chi connectivity index (χ3n) is 2.78. The van der Waals surface area contributed by atoms with Crippen LogP contribution in [0.25, 0.3) is 0 Å². The minimum Gasteiger partial charge on any atom is -0.309 e. The molecule has 0 fully saturated rings. The highest BCUT2D eigenvalue weighted by molar-refractivity contribution is 5.97. The first-order valence-electron chi connectivity index (χ1n) is 9.09. The van der Waals surface area contributed by atoms with Crippen LogP contribution in [0, 0.1) is 11.3 Å². The number of hydrogen-bond donors (Lipinski definition) is 1. The summed E-state index contributed by atoms with van der Waals surface area (Å²) >= 11 is 0. The maximum Gasteiger partial charge on any atom is 0.160 e. The van der Waals surface area contributed by atoms with E-state index in [2.05, 4.69) is 40.5 Å². The van der Waals surface area contributed by atoms with Crippen molar-refractivity contribution in [2.75, 3.05) is 0 Å². The molecule has 1 N–H and O–H groups in total. The number of hydrogen-bond acceptors (Lipinski definition) is 2. The number of ketones is 1. The molecule has 2 heteroatoms. The van der Waals surface area contributed by atoms with Gasteiger partial charge in [0.05, 0.1) is 0 Å². The second-order valence-electron chi connectivity index (χ2n) is 5.04. The van der Waals surface area contributed by atoms with Crippen LogP contribution in [0.1, 0.15) is 68.2 Å². The fourth-order valence-corrected chi connectivity index (χ4v) is 1.83. The lowest BCUT2D eigenvalue weighted by Gasteiger charge is -2.18. The molecule has 0 bridgehead atoms. The van der Waals surface area contributed by atoms with E-state index in [1.54, 1.807) is 25.2 Å². The Morgan fingerprint density at radius 3 is 1.64 bits per heavy atom. The van der Waals surface area contributed by atoms with Gasteiger partial charge in [0, 0.05) is 17.7 Å². The Kier molecular flexibility index (Phi) is 30.0. The van der Waals surface area contributed by atoms with Crippen molar-refractivity contribution in [2.24, 2.45) is 5.92 Å². The Morgan fingerprint density at radius 1 is 1.08 bits per heavy atom. The van der Waals surface area contributed by atoms with Crippen LogP contribution in [-0.2, 0) is 4.79 Å². The smallest absolute Gasteiger partial charge is 0.160 e. The van der Waals surface area contributed by atoms with Gasteiger partial charge in [0.15, 0.2) is 5.78 Å². The molecule has 0 aromatic rings. The van der Waals surface area contributed by atoms with Gasteiger partial charge in [-0.05, 0) is 38.8 Å². The third-order valence-corrected chi connectivity index (χ3v) is 2.78. The number of nitrogens with one attached hydrogen (secondary N) is 1. The summed E-state index contributed by atoms with van der Waals surface area (Å²) < 4.78 is 0. The maximum absolute atomic E-state index is 11.4. The lowest BCUT2D eigenvalue weighted by molar-refractivity contribution is -0.113. The Bertz CT molecular complexity index is 439. The SMILES string of the molecule is C/C=C\C=N.C=C/C(C(C)=O)=C(\C=C)C(CC)C(=C)C.CC.CCC. The molecule has 0 saturated carbocycles. The Balaban J connectivity index is -0.000000182. The average molecular weight is 348 g/mol. The highest BCUT2D eigenvalue weighted by Crippen LogP contribution is 2.26. The van der Waals surface area contributed by atoms with E-state index < -0.39 is 0 Å². The van der Waals surface area contributed by atoms with Gasteiger partial charge in [0.1, 0.15) is 0 Å². The van der Waals surface area contributed by atoms with Crippen molar-refractivity contribution in [3.63, 3.8) is 0 Å². The van der Waals surface area contributed by atoms with Gasteiger partial charge in [0.2, 0.25) is 0 Å². The molecular formula is C23H41NO. The number of carbonyl (C=O) groups excluding carboxylic acids is 1. The van der Waals surface area contributed by atoms with E-state index in [1.165, 1.54) is 12.6 Å². The van der Waals surface area contributed by atoms with Gasteiger partial charge in [-0.2, -0.15) is 0 Å². The first kappa shape index (κ1) is 30.9. The van der Waals surface area contributed by atoms with E-state index in [0.717, 1.165) is 17.6 Å². The van der Waals surface area contributed by atoms with E-state index in [4.69, 9.17) is 5.41 Å². The number of carbonyl (C=O) groups is 1. The highest BCUT2D eigenvalue weighted by atomic mass is 16.1. The lowest BCUT2D eigenvalue weighted by Crippen LogP contribution is -2.08. The first-order valence-corrected chi connectivity index (χ1v) is 9.09. The number of Topliss-reactive ketones (excluding diaryl/α,β-unsaturated/α-hetero) is 1. The maximum atomic E-state index is 11.4. The van der Waals surface area contributed by atoms with Crippen molar-refractivity contribution < 1.29 is 4.79 Å². The zero-order valence-electron chi connectivity index (χ0n) is 17.9. The summed E-state index contributed by atoms with van der Waals surface area (Å²) in [4.78, 5) is 11.4. The minimum atomic E-state index is 0.0274. The summed E-state index contributed by atoms with van der Waals surface area (Å²) in [5, 5.41) is 6.39. The van der Waals surface area contributed by atoms with Gasteiger partial charge in [-0.25, -0.2) is 0 Å². The fourth-order valence-electron chi connectivity index (χ4n) is 1.83. The summed E-state index contributed by atoms with van der Waals surface area (Å²) in [5.74, 6) is 0.221. The normalized spacial score (nSPS) is 11.0. The molecule has 0 radical (unpaired) electrons. The average Bonchev–Trinajstić information content (AvgIpc) is 2.58. The molecule has 2 nitrogen and oxygen atoms in total. The molecule has 1 atom stereocenters. The van der Waals surface area contributed by atoms with Crippen molar-refractivity contribution in [3.8, 4) is 0 Å². The zero-order chi connectivity index (χ0) is 20.8. The molecule has 0 heterocycles. The molecule has 0 saturated heterocycles. The zero-order valence-corrected chi connectivity index (χ0v) is 17.9. The monoisotopic (exact) mass is 347 g/mol. The molecular weight excluding hydrogens is 306 g/mol. The number of allylic oxidation sites excluding steroid dienone is 7. The van der Waals surface area contributed by atoms with Crippen LogP contribution in [-0.4, -0.2) is 12.0 Å². The van der Waals surface area contributed by atoms with Crippen molar-refractivity contribution >= 4 is 12.0 Å². The number of rotatable bonds is 7. The van der Waals surface area contributed by atoms with Gasteiger partial charge in [0.25, 0.3) is 0 Å². The highest BCUT2D eigenvalue weighted by Gasteiger charge is 2.15. The second kappa shape index (κ2) is 24.3. The van der Waals surface area contributed by atoms with Gasteiger partial charge in [-0.1, -0.05) is 84.6 Å². The van der Waals surface area contributed by atoms with Crippen molar-refractivity contribution in [2.45, 2.75) is 68.2 Å². The summed E-state index contributed by atoms with van der Waals surface area (Å²) in [7, 11) is 0. The lowest BCUT2D eigenvalue weighted by atomic mass is 9.86. The predicted octanol–water partition coefficient (Wildman–Crippen LogP) is 7.50. The third kappa shape index (κ3) is 18.2. The first-order chi connectivity index (χ1) is 11.8. The summed E-state index contributed by atoms with van der Waals surface area (Å²) in [5.41, 5.74) is 2.64. The molecule has 0 aliphatic heterocycles. The Hall–Kier alpha value is -1.96. The van der Waals surface area contributed by atoms with Crippen LogP contribution in [0.5, 0.6) is 0 Å². The molecule has 144 valence electrons. The van der Waals surface area contributed by atoms with E-state index in [9.17, 15) is 4.79 Å². The standard InChI is InChI=1S/C14H20O.C4H7N.C3H8.C2H6/c1-7-12(10(4)5)14(9-3)13(8-2)11(6)15;1-2-3-4-5;1-3-2;1-2/h8-9,12H,2-4,7H2,1,5-6H3;2-5H,1H3;3H2,1-2H3;1-2H3/b14-13-;3-2-,5-4?;;. The molecule has 1 unspecified atom stereocenters. The topological polar surface area (TPSA) is 40.9 Å². The van der Waals surface area contributed by atoms with E-state index in [-0.39, 0.29) is 11.7 Å². The van der Waals surface area contributed by atoms with Gasteiger partial charge >= 0.3 is 0 Å². The molecule has 0 aliphatic carbocycles. The quantitative estimate of drug-likeness (QED) is 0.220. The predicted molar refractivity (Wildman–Crippen MR) is 118 cm³/mol. The van der Waals surface area contributed by atoms with Crippen LogP contribution >= 0.6 is 0 Å². The van der Waals surface area contributed by atoms with E-state index in [0.29, 0.717) is 5.57 Å². The molecule has 0 amide bonds. The minimum absolute atomic E-state index is 0.0274. The molecule has 0 aromatic carbocycles.